The van der Waals surface area contributed by atoms with Gasteiger partial charge in [0.1, 0.15) is 0 Å². The smallest absolute Gasteiger partial charge is 0.178 e. The zero-order valence-corrected chi connectivity index (χ0v) is 3.13. The van der Waals surface area contributed by atoms with Crippen LogP contribution in [0.4, 0.5) is 0 Å². The maximum absolute atomic E-state index is 4.70. The molecule has 0 aromatic carbocycles. The molecular formula is CH4BNS. The molecule has 0 aromatic rings. The minimum Gasteiger partial charge on any atom is -0.358 e. The third-order valence-corrected chi connectivity index (χ3v) is 0.274. The van der Waals surface area contributed by atoms with E-state index in [4.69, 9.17) is 7.98 Å². The Kier molecular flexibility index (Phi) is 3.69. The lowest BCUT2D eigenvalue weighted by Crippen LogP contribution is -2.02. The SMILES string of the molecule is [B]NCS. The molecule has 2 radical (unpaired) electrons. The van der Waals surface area contributed by atoms with E-state index >= 15 is 0 Å². The second-order valence-electron chi connectivity index (χ2n) is 0.362. The Hall–Kier alpha value is 0.375. The average molecular weight is 72.9 g/mol. The Morgan fingerprint density at radius 2 is 2.25 bits per heavy atom. The fraction of sp³-hybridized carbons (Fsp3) is 1.00. The fourth-order valence-electron chi connectivity index (χ4n) is 0. The zero-order valence-electron chi connectivity index (χ0n) is 2.23. The van der Waals surface area contributed by atoms with Crippen molar-refractivity contribution in [2.24, 2.45) is 0 Å². The van der Waals surface area contributed by atoms with Gasteiger partial charge in [0.15, 0.2) is 7.98 Å². The molecule has 1 N–H and O–H groups in total. The molecule has 4 heavy (non-hydrogen) atoms. The topological polar surface area (TPSA) is 12.0 Å². The van der Waals surface area contributed by atoms with Gasteiger partial charge >= 0.3 is 0 Å². The fourth-order valence-corrected chi connectivity index (χ4v) is 0. The molecule has 0 amide bonds. The molecule has 0 aromatic heterocycles. The molecule has 0 heterocycles. The van der Waals surface area contributed by atoms with Gasteiger partial charge in [-0.1, -0.05) is 0 Å². The van der Waals surface area contributed by atoms with Crippen molar-refractivity contribution in [1.29, 1.82) is 0 Å². The van der Waals surface area contributed by atoms with Crippen molar-refractivity contribution in [3.05, 3.63) is 0 Å². The molecule has 0 aliphatic carbocycles. The normalized spacial score (nSPS) is 7.25. The van der Waals surface area contributed by atoms with Crippen LogP contribution in [0.5, 0.6) is 0 Å². The van der Waals surface area contributed by atoms with Crippen LogP contribution >= 0.6 is 12.6 Å². The van der Waals surface area contributed by atoms with Crippen LogP contribution in [0.15, 0.2) is 0 Å². The molecule has 0 bridgehead atoms. The van der Waals surface area contributed by atoms with Gasteiger partial charge in [0, 0.05) is 5.88 Å². The number of rotatable bonds is 1. The molecule has 0 unspecified atom stereocenters. The zero-order chi connectivity index (χ0) is 3.41. The number of thiol groups is 1. The molecule has 1 nitrogen and oxygen atoms in total. The van der Waals surface area contributed by atoms with Crippen molar-refractivity contribution in [3.63, 3.8) is 0 Å². The Balaban J connectivity index is 1.97. The van der Waals surface area contributed by atoms with E-state index in [-0.39, 0.29) is 0 Å². The van der Waals surface area contributed by atoms with Crippen LogP contribution in [0.25, 0.3) is 0 Å². The minimum absolute atomic E-state index is 0.542. The molecular weight excluding hydrogens is 68.9 g/mol. The van der Waals surface area contributed by atoms with Gasteiger partial charge in [0.2, 0.25) is 0 Å². The van der Waals surface area contributed by atoms with Crippen molar-refractivity contribution in [3.8, 4) is 0 Å². The molecule has 22 valence electrons. The van der Waals surface area contributed by atoms with Crippen LogP contribution in [0, 0.1) is 0 Å². The van der Waals surface area contributed by atoms with E-state index in [1.165, 1.54) is 0 Å². The third kappa shape index (κ3) is 2.37. The van der Waals surface area contributed by atoms with E-state index in [1.54, 1.807) is 0 Å². The van der Waals surface area contributed by atoms with Crippen molar-refractivity contribution in [2.45, 2.75) is 0 Å². The summed E-state index contributed by atoms with van der Waals surface area (Å²) in [6.45, 7) is 0. The maximum Gasteiger partial charge on any atom is 0.178 e. The second-order valence-corrected chi connectivity index (χ2v) is 0.678. The van der Waals surface area contributed by atoms with E-state index < -0.39 is 0 Å². The standard InChI is InChI=1S/CH4BNS/c2-3-1-4/h3-4H,1H2. The minimum atomic E-state index is 0.542. The van der Waals surface area contributed by atoms with Crippen LogP contribution in [0.3, 0.4) is 0 Å². The van der Waals surface area contributed by atoms with Gasteiger partial charge in [-0.2, -0.15) is 12.6 Å². The molecule has 0 spiro atoms. The maximum atomic E-state index is 4.70. The lowest BCUT2D eigenvalue weighted by molar-refractivity contribution is 1.22. The van der Waals surface area contributed by atoms with E-state index in [1.807, 2.05) is 0 Å². The first-order valence-corrected chi connectivity index (χ1v) is 1.59. The highest BCUT2D eigenvalue weighted by Gasteiger charge is 1.52. The summed E-state index contributed by atoms with van der Waals surface area (Å²) in [6, 6.07) is 0. The Bertz CT molecular complexity index is 10.0. The van der Waals surface area contributed by atoms with Crippen molar-refractivity contribution < 1.29 is 0 Å². The summed E-state index contributed by atoms with van der Waals surface area (Å²) in [5.41, 5.74) is 0. The summed E-state index contributed by atoms with van der Waals surface area (Å²) in [6.07, 6.45) is 0. The van der Waals surface area contributed by atoms with E-state index in [9.17, 15) is 0 Å². The monoisotopic (exact) mass is 73.0 g/mol. The summed E-state index contributed by atoms with van der Waals surface area (Å²) in [7, 11) is 4.70. The van der Waals surface area contributed by atoms with Gasteiger partial charge in [0.05, 0.1) is 0 Å². The average Bonchev–Trinajstić information content (AvgIpc) is 1.37. The van der Waals surface area contributed by atoms with Crippen molar-refractivity contribution >= 4 is 20.6 Å². The predicted octanol–water partition coefficient (Wildman–Crippen LogP) is -0.453. The van der Waals surface area contributed by atoms with E-state index in [2.05, 4.69) is 17.9 Å². The first-order chi connectivity index (χ1) is 1.91. The summed E-state index contributed by atoms with van der Waals surface area (Å²) >= 11 is 3.68. The molecule has 3 heteroatoms. The largest absolute Gasteiger partial charge is 0.358 e. The summed E-state index contributed by atoms with van der Waals surface area (Å²) in [5.74, 6) is 0.542. The molecule has 0 aliphatic heterocycles. The molecule has 0 atom stereocenters. The molecule has 0 fully saturated rings. The Labute approximate surface area is 32.6 Å². The predicted molar refractivity (Wildman–Crippen MR) is 22.7 cm³/mol. The van der Waals surface area contributed by atoms with Crippen LogP contribution in [0.2, 0.25) is 0 Å². The molecule has 0 rings (SSSR count). The number of hydrogen-bond acceptors (Lipinski definition) is 2. The van der Waals surface area contributed by atoms with Crippen LogP contribution in [-0.4, -0.2) is 13.9 Å². The quantitative estimate of drug-likeness (QED) is 0.243. The van der Waals surface area contributed by atoms with E-state index in [0.717, 1.165) is 0 Å². The number of hydrogen-bond donors (Lipinski definition) is 2. The highest BCUT2D eigenvalue weighted by atomic mass is 32.1. The number of nitrogens with one attached hydrogen (secondary N) is 1. The van der Waals surface area contributed by atoms with Gasteiger partial charge in [-0.05, 0) is 0 Å². The van der Waals surface area contributed by atoms with Crippen LogP contribution < -0.4 is 5.23 Å². The van der Waals surface area contributed by atoms with Gasteiger partial charge in [-0.15, -0.1) is 0 Å². The summed E-state index contributed by atoms with van der Waals surface area (Å²) in [4.78, 5) is 0. The molecule has 0 saturated carbocycles. The first-order valence-electron chi connectivity index (χ1n) is 0.958. The summed E-state index contributed by atoms with van der Waals surface area (Å²) < 4.78 is 0. The van der Waals surface area contributed by atoms with E-state index in [0.29, 0.717) is 5.88 Å². The lowest BCUT2D eigenvalue weighted by Gasteiger charge is -1.75. The van der Waals surface area contributed by atoms with Gasteiger partial charge in [-0.3, -0.25) is 0 Å². The highest BCUT2D eigenvalue weighted by Crippen LogP contribution is 1.52. The van der Waals surface area contributed by atoms with Crippen LogP contribution in [-0.2, 0) is 0 Å². The molecule has 0 aliphatic rings. The van der Waals surface area contributed by atoms with Gasteiger partial charge < -0.3 is 5.23 Å². The van der Waals surface area contributed by atoms with Crippen LogP contribution in [0.1, 0.15) is 0 Å². The lowest BCUT2D eigenvalue weighted by atomic mass is 10.5. The highest BCUT2D eigenvalue weighted by molar-refractivity contribution is 7.80. The Morgan fingerprint density at radius 1 is 2.00 bits per heavy atom. The van der Waals surface area contributed by atoms with Gasteiger partial charge in [0.25, 0.3) is 0 Å². The third-order valence-electron chi connectivity index (χ3n) is 0.0913. The van der Waals surface area contributed by atoms with Crippen molar-refractivity contribution in [1.82, 2.24) is 5.23 Å². The van der Waals surface area contributed by atoms with Gasteiger partial charge in [-0.25, -0.2) is 0 Å². The first kappa shape index (κ1) is 4.37. The Morgan fingerprint density at radius 3 is 2.25 bits per heavy atom. The molecule has 0 saturated heterocycles. The second kappa shape index (κ2) is 3.37. The summed E-state index contributed by atoms with van der Waals surface area (Å²) in [5, 5.41) is 2.29. The van der Waals surface area contributed by atoms with Crippen molar-refractivity contribution in [2.75, 3.05) is 5.88 Å².